The Kier molecular flexibility index (Phi) is 5.35. The highest BCUT2D eigenvalue weighted by molar-refractivity contribution is 5.75. The van der Waals surface area contributed by atoms with Crippen LogP contribution in [0.3, 0.4) is 0 Å². The number of nitrogens with zero attached hydrogens (tertiary/aromatic N) is 6. The summed E-state index contributed by atoms with van der Waals surface area (Å²) in [4.78, 5) is 16.4. The van der Waals surface area contributed by atoms with Crippen LogP contribution in [0.25, 0.3) is 16.7 Å². The molecule has 1 aromatic carbocycles. The van der Waals surface area contributed by atoms with Crippen LogP contribution in [0, 0.1) is 11.6 Å². The number of aliphatic hydroxyl groups is 1. The van der Waals surface area contributed by atoms with E-state index in [9.17, 15) is 27.1 Å². The lowest BCUT2D eigenvalue weighted by Crippen LogP contribution is -2.37. The van der Waals surface area contributed by atoms with Gasteiger partial charge in [0.15, 0.2) is 17.3 Å². The molecule has 0 bridgehead atoms. The SMILES string of the molecule is CN(CC(C)(C)O)c1nc(NCc2nc3c(F)c(F)ccc3[nH]2)n2ncc(C(F)(F)F)c2n1. The molecule has 0 fully saturated rings. The molecule has 3 heterocycles. The molecule has 0 aliphatic carbocycles. The molecule has 0 aliphatic heterocycles. The quantitative estimate of drug-likeness (QED) is 0.372. The van der Waals surface area contributed by atoms with Crippen LogP contribution in [-0.2, 0) is 12.7 Å². The number of benzene rings is 1. The third kappa shape index (κ3) is 4.51. The van der Waals surface area contributed by atoms with Crippen LogP contribution in [-0.4, -0.2) is 53.9 Å². The van der Waals surface area contributed by atoms with E-state index < -0.39 is 34.6 Å². The van der Waals surface area contributed by atoms with Crippen molar-refractivity contribution in [1.29, 1.82) is 0 Å². The van der Waals surface area contributed by atoms with Crippen molar-refractivity contribution in [2.75, 3.05) is 23.8 Å². The van der Waals surface area contributed by atoms with E-state index >= 15 is 0 Å². The van der Waals surface area contributed by atoms with Crippen molar-refractivity contribution in [3.8, 4) is 0 Å². The van der Waals surface area contributed by atoms with Crippen LogP contribution in [0.4, 0.5) is 33.8 Å². The molecule has 4 rings (SSSR count). The highest BCUT2D eigenvalue weighted by Crippen LogP contribution is 2.33. The number of alkyl halides is 3. The summed E-state index contributed by atoms with van der Waals surface area (Å²) in [5, 5.41) is 16.6. The number of aromatic nitrogens is 6. The molecule has 3 N–H and O–H groups in total. The lowest BCUT2D eigenvalue weighted by Gasteiger charge is -2.26. The van der Waals surface area contributed by atoms with Gasteiger partial charge < -0.3 is 20.3 Å². The van der Waals surface area contributed by atoms with Crippen LogP contribution in [0.15, 0.2) is 18.3 Å². The number of aromatic amines is 1. The van der Waals surface area contributed by atoms with Crippen molar-refractivity contribution in [1.82, 2.24) is 29.5 Å². The Balaban J connectivity index is 1.72. The molecule has 0 saturated carbocycles. The number of anilines is 2. The second kappa shape index (κ2) is 7.79. The zero-order valence-electron chi connectivity index (χ0n) is 17.7. The number of rotatable bonds is 6. The van der Waals surface area contributed by atoms with E-state index in [0.29, 0.717) is 6.20 Å². The Morgan fingerprint density at radius 1 is 1.15 bits per heavy atom. The first-order valence-corrected chi connectivity index (χ1v) is 9.66. The van der Waals surface area contributed by atoms with Gasteiger partial charge in [0.25, 0.3) is 0 Å². The normalized spacial score (nSPS) is 12.6. The van der Waals surface area contributed by atoms with Crippen LogP contribution >= 0.6 is 0 Å². The van der Waals surface area contributed by atoms with Gasteiger partial charge in [-0.05, 0) is 26.0 Å². The molecular weight excluding hydrogens is 451 g/mol. The third-order valence-corrected chi connectivity index (χ3v) is 4.64. The van der Waals surface area contributed by atoms with Gasteiger partial charge >= 0.3 is 6.18 Å². The summed E-state index contributed by atoms with van der Waals surface area (Å²) >= 11 is 0. The number of H-pyrrole nitrogens is 1. The van der Waals surface area contributed by atoms with Crippen molar-refractivity contribution in [2.45, 2.75) is 32.2 Å². The van der Waals surface area contributed by atoms with Crippen molar-refractivity contribution < 1.29 is 27.1 Å². The van der Waals surface area contributed by atoms with E-state index in [4.69, 9.17) is 0 Å². The van der Waals surface area contributed by atoms with Gasteiger partial charge in [0, 0.05) is 13.6 Å². The smallest absolute Gasteiger partial charge is 0.389 e. The van der Waals surface area contributed by atoms with Crippen LogP contribution < -0.4 is 10.2 Å². The Morgan fingerprint density at radius 3 is 2.55 bits per heavy atom. The molecule has 176 valence electrons. The Labute approximate surface area is 183 Å². The second-order valence-corrected chi connectivity index (χ2v) is 8.10. The fourth-order valence-electron chi connectivity index (χ4n) is 3.32. The highest BCUT2D eigenvalue weighted by atomic mass is 19.4. The average molecular weight is 470 g/mol. The summed E-state index contributed by atoms with van der Waals surface area (Å²) in [6.07, 6.45) is -4.08. The zero-order valence-corrected chi connectivity index (χ0v) is 17.7. The predicted octanol–water partition coefficient (Wildman–Crippen LogP) is 3.12. The van der Waals surface area contributed by atoms with Gasteiger partial charge in [0.05, 0.1) is 23.9 Å². The predicted molar refractivity (Wildman–Crippen MR) is 109 cm³/mol. The first kappa shape index (κ1) is 22.6. The number of hydrogen-bond acceptors (Lipinski definition) is 7. The van der Waals surface area contributed by atoms with Gasteiger partial charge in [-0.1, -0.05) is 0 Å². The first-order chi connectivity index (χ1) is 15.3. The minimum Gasteiger partial charge on any atom is -0.389 e. The van der Waals surface area contributed by atoms with Crippen molar-refractivity contribution in [3.63, 3.8) is 0 Å². The minimum absolute atomic E-state index is 0.0342. The van der Waals surface area contributed by atoms with E-state index in [0.717, 1.165) is 10.6 Å². The number of fused-ring (bicyclic) bond motifs is 2. The molecule has 9 nitrogen and oxygen atoms in total. The molecule has 14 heteroatoms. The molecule has 0 spiro atoms. The Morgan fingerprint density at radius 2 is 1.88 bits per heavy atom. The maximum atomic E-state index is 13.9. The third-order valence-electron chi connectivity index (χ3n) is 4.64. The molecule has 0 unspecified atom stereocenters. The van der Waals surface area contributed by atoms with Gasteiger partial charge in [-0.2, -0.15) is 32.8 Å². The number of likely N-dealkylation sites (N-methyl/N-ethyl adjacent to an activating group) is 1. The van der Waals surface area contributed by atoms with Crippen LogP contribution in [0.5, 0.6) is 0 Å². The monoisotopic (exact) mass is 470 g/mol. The van der Waals surface area contributed by atoms with Crippen LogP contribution in [0.2, 0.25) is 0 Å². The number of nitrogens with one attached hydrogen (secondary N) is 2. The van der Waals surface area contributed by atoms with E-state index in [1.165, 1.54) is 31.9 Å². The average Bonchev–Trinajstić information content (AvgIpc) is 3.31. The highest BCUT2D eigenvalue weighted by Gasteiger charge is 2.36. The number of hydrogen-bond donors (Lipinski definition) is 3. The van der Waals surface area contributed by atoms with Crippen molar-refractivity contribution >= 4 is 28.6 Å². The number of halogens is 5. The maximum Gasteiger partial charge on any atom is 0.421 e. The largest absolute Gasteiger partial charge is 0.421 e. The molecule has 0 aliphatic rings. The van der Waals surface area contributed by atoms with Crippen molar-refractivity contribution in [2.24, 2.45) is 0 Å². The Hall–Kier alpha value is -3.55. The Bertz CT molecular complexity index is 1320. The first-order valence-electron chi connectivity index (χ1n) is 9.66. The molecule has 0 atom stereocenters. The minimum atomic E-state index is -4.71. The molecule has 0 amide bonds. The van der Waals surface area contributed by atoms with Gasteiger partial charge in [0.1, 0.15) is 16.9 Å². The number of imidazole rings is 1. The fraction of sp³-hybridized carbons (Fsp3) is 0.368. The molecule has 0 radical (unpaired) electrons. The summed E-state index contributed by atoms with van der Waals surface area (Å²) in [6.45, 7) is 2.99. The van der Waals surface area contributed by atoms with E-state index in [2.05, 4.69) is 30.4 Å². The lowest BCUT2D eigenvalue weighted by atomic mass is 10.1. The molecule has 0 saturated heterocycles. The van der Waals surface area contributed by atoms with Gasteiger partial charge in [0.2, 0.25) is 11.9 Å². The van der Waals surface area contributed by atoms with Gasteiger partial charge in [-0.25, -0.2) is 13.8 Å². The van der Waals surface area contributed by atoms with Gasteiger partial charge in [-0.15, -0.1) is 0 Å². The van der Waals surface area contributed by atoms with Crippen LogP contribution in [0.1, 0.15) is 25.2 Å². The summed E-state index contributed by atoms with van der Waals surface area (Å²) < 4.78 is 68.6. The standard InChI is InChI=1S/C19H19F5N8O/c1-18(2,33)8-31(3)17-29-15-9(19(22,23)24)6-26-32(15)16(30-17)25-7-12-27-11-5-4-10(20)13(21)14(11)28-12/h4-6,33H,7-8H2,1-3H3,(H,27,28)(H,25,29,30). The molecule has 4 aromatic rings. The molecular formula is C19H19F5N8O. The summed E-state index contributed by atoms with van der Waals surface area (Å²) in [7, 11) is 1.52. The van der Waals surface area contributed by atoms with E-state index in [1.807, 2.05) is 0 Å². The zero-order chi connectivity index (χ0) is 24.1. The molecule has 3 aromatic heterocycles. The van der Waals surface area contributed by atoms with Crippen molar-refractivity contribution in [3.05, 3.63) is 41.4 Å². The topological polar surface area (TPSA) is 107 Å². The summed E-state index contributed by atoms with van der Waals surface area (Å²) in [5.41, 5.74) is -2.67. The molecule has 33 heavy (non-hydrogen) atoms. The maximum absolute atomic E-state index is 13.9. The van der Waals surface area contributed by atoms with E-state index in [1.54, 1.807) is 0 Å². The fourth-order valence-corrected chi connectivity index (χ4v) is 3.32. The summed E-state index contributed by atoms with van der Waals surface area (Å²) in [6, 6.07) is 2.27. The second-order valence-electron chi connectivity index (χ2n) is 8.10. The van der Waals surface area contributed by atoms with Gasteiger partial charge in [-0.3, -0.25) is 0 Å². The van der Waals surface area contributed by atoms with E-state index in [-0.39, 0.29) is 41.8 Å². The lowest BCUT2D eigenvalue weighted by molar-refractivity contribution is -0.136. The summed E-state index contributed by atoms with van der Waals surface area (Å²) in [5.74, 6) is -2.16.